The number of carbonyl (C=O) groups excluding carboxylic acids is 3. The average molecular weight is 294 g/mol. The van der Waals surface area contributed by atoms with Crippen molar-refractivity contribution in [3.63, 3.8) is 0 Å². The van der Waals surface area contributed by atoms with Gasteiger partial charge in [0.25, 0.3) is 0 Å². The molecule has 1 aliphatic rings. The summed E-state index contributed by atoms with van der Waals surface area (Å²) < 4.78 is 29.3. The molecule has 108 valence electrons. The Hall–Kier alpha value is -1.32. The van der Waals surface area contributed by atoms with Crippen LogP contribution >= 0.6 is 0 Å². The minimum Gasteiger partial charge on any atom is -0.245 e. The van der Waals surface area contributed by atoms with E-state index < -0.39 is 32.1 Å². The van der Waals surface area contributed by atoms with Crippen molar-refractivity contribution >= 4 is 28.1 Å². The molecule has 0 radical (unpaired) electrons. The summed E-state index contributed by atoms with van der Waals surface area (Å²) >= 11 is 0. The van der Waals surface area contributed by atoms with E-state index in [4.69, 9.17) is 4.55 Å². The number of hydrogen-bond acceptors (Lipinski definition) is 6. The molecule has 0 spiro atoms. The first-order valence-corrected chi connectivity index (χ1v) is 7.31. The molecule has 1 N–H and O–H groups in total. The second-order valence-electron chi connectivity index (χ2n) is 4.21. The Morgan fingerprint density at radius 2 is 1.79 bits per heavy atom. The van der Waals surface area contributed by atoms with Crippen LogP contribution in [0.15, 0.2) is 0 Å². The van der Waals surface area contributed by atoms with Gasteiger partial charge in [-0.1, -0.05) is 19.8 Å². The molecule has 1 aliphatic heterocycles. The zero-order valence-corrected chi connectivity index (χ0v) is 11.3. The molecule has 0 aromatic rings. The summed E-state index contributed by atoms with van der Waals surface area (Å²) in [5, 5.41) is 0. The summed E-state index contributed by atoms with van der Waals surface area (Å²) in [6.07, 6.45) is 1.11. The van der Waals surface area contributed by atoms with E-state index >= 15 is 0 Å². The van der Waals surface area contributed by atoms with E-state index in [1.165, 1.54) is 0 Å². The number of unbranched alkanes of at least 4 members (excludes halogenated alkanes) is 2. The number of carbonyl (C=O) groups is 3. The van der Waals surface area contributed by atoms with Gasteiger partial charge in [0.05, 0.1) is 19.3 Å². The van der Waals surface area contributed by atoms with Gasteiger partial charge in [0.1, 0.15) is 4.05 Å². The van der Waals surface area contributed by atoms with E-state index in [9.17, 15) is 22.8 Å². The molecule has 0 aromatic heterocycles. The SMILES string of the molecule is CCCCCC(=O)O[N+]1(S(=O)(=O)O)C(=O)CCC1=O. The van der Waals surface area contributed by atoms with Gasteiger partial charge in [-0.05, 0) is 6.42 Å². The number of imide groups is 1. The van der Waals surface area contributed by atoms with Gasteiger partial charge in [-0.15, -0.1) is 8.42 Å². The summed E-state index contributed by atoms with van der Waals surface area (Å²) in [5.41, 5.74) is 0. The summed E-state index contributed by atoms with van der Waals surface area (Å²) in [5.74, 6) is -3.32. The van der Waals surface area contributed by atoms with Gasteiger partial charge in [-0.3, -0.25) is 0 Å². The van der Waals surface area contributed by atoms with Crippen LogP contribution in [0.25, 0.3) is 0 Å². The molecule has 0 unspecified atom stereocenters. The molecule has 8 nitrogen and oxygen atoms in total. The van der Waals surface area contributed by atoms with Gasteiger partial charge in [0.2, 0.25) is 0 Å². The minimum absolute atomic E-state index is 0.121. The third-order valence-corrected chi connectivity index (χ3v) is 3.88. The van der Waals surface area contributed by atoms with Crippen molar-refractivity contribution in [2.24, 2.45) is 0 Å². The van der Waals surface area contributed by atoms with Crippen LogP contribution in [0.5, 0.6) is 0 Å². The van der Waals surface area contributed by atoms with E-state index in [1.807, 2.05) is 6.92 Å². The second-order valence-corrected chi connectivity index (χ2v) is 5.62. The molecule has 9 heteroatoms. The molecule has 0 saturated carbocycles. The van der Waals surface area contributed by atoms with Gasteiger partial charge in [0.15, 0.2) is 0 Å². The molecule has 1 fully saturated rings. The maximum Gasteiger partial charge on any atom is 0.488 e. The Kier molecular flexibility index (Phi) is 4.77. The quantitative estimate of drug-likeness (QED) is 0.328. The topological polar surface area (TPSA) is 115 Å². The standard InChI is InChI=1S/C10H15NO7S/c1-2-3-4-5-10(14)18-11(19(15,16)17)8(12)6-7-9(11)13/h2-7H2,1H3/p+1. The highest BCUT2D eigenvalue weighted by atomic mass is 32.2. The van der Waals surface area contributed by atoms with Crippen LogP contribution in [0, 0.1) is 0 Å². The highest BCUT2D eigenvalue weighted by Crippen LogP contribution is 2.28. The minimum atomic E-state index is -5.19. The summed E-state index contributed by atoms with van der Waals surface area (Å²) in [4.78, 5) is 39.1. The smallest absolute Gasteiger partial charge is 0.245 e. The highest BCUT2D eigenvalue weighted by Gasteiger charge is 2.65. The lowest BCUT2D eigenvalue weighted by Crippen LogP contribution is -2.57. The lowest BCUT2D eigenvalue weighted by atomic mass is 10.2. The Morgan fingerprint density at radius 1 is 1.26 bits per heavy atom. The van der Waals surface area contributed by atoms with Crippen molar-refractivity contribution in [1.29, 1.82) is 0 Å². The lowest BCUT2D eigenvalue weighted by molar-refractivity contribution is -0.853. The molecule has 0 aliphatic carbocycles. The Morgan fingerprint density at radius 3 is 2.21 bits per heavy atom. The normalized spacial score (nSPS) is 18.6. The first-order valence-electron chi connectivity index (χ1n) is 5.91. The number of rotatable bonds is 6. The predicted molar refractivity (Wildman–Crippen MR) is 61.3 cm³/mol. The zero-order chi connectivity index (χ0) is 14.7. The number of hydrogen-bond donors (Lipinski definition) is 1. The largest absolute Gasteiger partial charge is 0.488 e. The van der Waals surface area contributed by atoms with E-state index in [2.05, 4.69) is 4.84 Å². The third kappa shape index (κ3) is 2.99. The molecular formula is C10H16NO7S+. The first-order chi connectivity index (χ1) is 8.75. The molecule has 0 bridgehead atoms. The number of hydroxylamine groups is 2. The van der Waals surface area contributed by atoms with Crippen LogP contribution in [0.1, 0.15) is 45.4 Å². The molecule has 1 saturated heterocycles. The molecule has 2 amide bonds. The van der Waals surface area contributed by atoms with Crippen molar-refractivity contribution in [3.8, 4) is 0 Å². The Labute approximate surface area is 110 Å². The van der Waals surface area contributed by atoms with Gasteiger partial charge >= 0.3 is 28.1 Å². The molecule has 1 rings (SSSR count). The third-order valence-electron chi connectivity index (χ3n) is 2.75. The fourth-order valence-corrected chi connectivity index (χ4v) is 2.64. The van der Waals surface area contributed by atoms with Crippen LogP contribution in [0.3, 0.4) is 0 Å². The van der Waals surface area contributed by atoms with Crippen molar-refractivity contribution in [2.75, 3.05) is 0 Å². The van der Waals surface area contributed by atoms with E-state index in [1.54, 1.807) is 0 Å². The fraction of sp³-hybridized carbons (Fsp3) is 0.700. The van der Waals surface area contributed by atoms with Crippen molar-refractivity contribution < 1.29 is 36.2 Å². The van der Waals surface area contributed by atoms with Gasteiger partial charge < -0.3 is 0 Å². The summed E-state index contributed by atoms with van der Waals surface area (Å²) in [6, 6.07) is 0. The Bertz CT molecular complexity index is 480. The highest BCUT2D eigenvalue weighted by molar-refractivity contribution is 7.80. The number of nitrogens with zero attached hydrogens (tertiary/aromatic N) is 1. The van der Waals surface area contributed by atoms with Crippen molar-refractivity contribution in [3.05, 3.63) is 0 Å². The maximum absolute atomic E-state index is 11.6. The number of quaternary nitrogens is 1. The molecule has 0 aromatic carbocycles. The number of amides is 2. The lowest BCUT2D eigenvalue weighted by Gasteiger charge is -2.20. The monoisotopic (exact) mass is 294 g/mol. The van der Waals surface area contributed by atoms with Crippen LogP contribution < -0.4 is 0 Å². The van der Waals surface area contributed by atoms with Gasteiger partial charge in [-0.25, -0.2) is 23.8 Å². The average Bonchev–Trinajstić information content (AvgIpc) is 2.57. The van der Waals surface area contributed by atoms with Crippen molar-refractivity contribution in [2.45, 2.75) is 45.4 Å². The van der Waals surface area contributed by atoms with E-state index in [0.29, 0.717) is 6.42 Å². The van der Waals surface area contributed by atoms with Crippen LogP contribution in [-0.4, -0.2) is 34.8 Å². The van der Waals surface area contributed by atoms with E-state index in [-0.39, 0.29) is 19.3 Å². The fourth-order valence-electron chi connectivity index (χ4n) is 1.76. The molecule has 0 atom stereocenters. The van der Waals surface area contributed by atoms with Gasteiger partial charge in [0, 0.05) is 0 Å². The molecule has 19 heavy (non-hydrogen) atoms. The molecular weight excluding hydrogens is 278 g/mol. The van der Waals surface area contributed by atoms with Crippen LogP contribution in [-0.2, 0) is 29.5 Å². The molecule has 1 heterocycles. The summed E-state index contributed by atoms with van der Waals surface area (Å²) in [7, 11) is -5.19. The first kappa shape index (κ1) is 15.7. The van der Waals surface area contributed by atoms with E-state index in [0.717, 1.165) is 12.8 Å². The zero-order valence-electron chi connectivity index (χ0n) is 10.5. The van der Waals surface area contributed by atoms with Crippen LogP contribution in [0.2, 0.25) is 0 Å². The van der Waals surface area contributed by atoms with Crippen LogP contribution in [0.4, 0.5) is 0 Å². The van der Waals surface area contributed by atoms with Crippen molar-refractivity contribution in [1.82, 2.24) is 0 Å². The summed E-state index contributed by atoms with van der Waals surface area (Å²) in [6.45, 7) is 1.91. The van der Waals surface area contributed by atoms with Gasteiger partial charge in [-0.2, -0.15) is 0 Å². The Balaban J connectivity index is 2.93. The predicted octanol–water partition coefficient (Wildman–Crippen LogP) is 0.491. The maximum atomic E-state index is 11.6. The second kappa shape index (κ2) is 5.76.